The maximum atomic E-state index is 3.30. The van der Waals surface area contributed by atoms with Crippen molar-refractivity contribution in [2.24, 2.45) is 0 Å². The van der Waals surface area contributed by atoms with Crippen molar-refractivity contribution in [2.45, 2.75) is 26.3 Å². The maximum Gasteiger partial charge on any atom is 0.169 e. The summed E-state index contributed by atoms with van der Waals surface area (Å²) in [7, 11) is 0. The highest BCUT2D eigenvalue weighted by molar-refractivity contribution is 5.91. The zero-order chi connectivity index (χ0) is 14.5. The van der Waals surface area contributed by atoms with Gasteiger partial charge in [-0.3, -0.25) is 0 Å². The van der Waals surface area contributed by atoms with E-state index in [0.717, 1.165) is 6.54 Å². The molecule has 0 fully saturated rings. The average molecular weight is 277 g/mol. The minimum Gasteiger partial charge on any atom is -0.361 e. The molecule has 0 aliphatic rings. The Morgan fingerprint density at radius 2 is 1.86 bits per heavy atom. The van der Waals surface area contributed by atoms with Gasteiger partial charge in [0.05, 0.1) is 0 Å². The van der Waals surface area contributed by atoms with Gasteiger partial charge in [0.2, 0.25) is 0 Å². The minimum absolute atomic E-state index is 1.10. The van der Waals surface area contributed by atoms with E-state index in [0.29, 0.717) is 0 Å². The van der Waals surface area contributed by atoms with Crippen LogP contribution in [0.2, 0.25) is 0 Å². The second-order valence-electron chi connectivity index (χ2n) is 5.35. The highest BCUT2D eigenvalue weighted by atomic mass is 14.9. The van der Waals surface area contributed by atoms with E-state index in [-0.39, 0.29) is 0 Å². The molecule has 0 saturated heterocycles. The number of hydrogen-bond donors (Lipinski definition) is 1. The summed E-state index contributed by atoms with van der Waals surface area (Å²) >= 11 is 0. The molecule has 0 radical (unpaired) electrons. The molecule has 2 heterocycles. The summed E-state index contributed by atoms with van der Waals surface area (Å²) in [6.07, 6.45) is 13.2. The molecule has 3 aromatic rings. The van der Waals surface area contributed by atoms with Gasteiger partial charge >= 0.3 is 0 Å². The first-order valence-electron chi connectivity index (χ1n) is 7.60. The van der Waals surface area contributed by atoms with Crippen molar-refractivity contribution >= 4 is 23.1 Å². The fraction of sp³-hybridized carbons (Fsp3) is 0.211. The standard InChI is InChI=1S/C19H20N2/c1-2-3-12-21-13-10-16(11-14-21)8-9-17-15-20-19-7-5-4-6-18(17)19/h4-11,13-15H,2-3,12H2,1H3/p+1. The van der Waals surface area contributed by atoms with Gasteiger partial charge in [-0.1, -0.05) is 43.7 Å². The van der Waals surface area contributed by atoms with E-state index >= 15 is 0 Å². The van der Waals surface area contributed by atoms with Gasteiger partial charge in [-0.2, -0.15) is 0 Å². The van der Waals surface area contributed by atoms with E-state index in [4.69, 9.17) is 0 Å². The van der Waals surface area contributed by atoms with Crippen LogP contribution in [0.4, 0.5) is 0 Å². The van der Waals surface area contributed by atoms with Gasteiger partial charge in [-0.25, -0.2) is 4.57 Å². The van der Waals surface area contributed by atoms with E-state index in [1.807, 2.05) is 0 Å². The number of benzene rings is 1. The van der Waals surface area contributed by atoms with Crippen LogP contribution in [0.3, 0.4) is 0 Å². The van der Waals surface area contributed by atoms with E-state index in [9.17, 15) is 0 Å². The van der Waals surface area contributed by atoms with E-state index in [1.165, 1.54) is 34.9 Å². The van der Waals surface area contributed by atoms with Crippen LogP contribution in [0.25, 0.3) is 23.1 Å². The third kappa shape index (κ3) is 3.22. The Morgan fingerprint density at radius 3 is 2.67 bits per heavy atom. The molecule has 1 N–H and O–H groups in total. The first-order chi connectivity index (χ1) is 10.4. The van der Waals surface area contributed by atoms with E-state index in [2.05, 4.69) is 83.6 Å². The maximum absolute atomic E-state index is 3.30. The number of nitrogens with zero attached hydrogens (tertiary/aromatic N) is 1. The molecule has 0 atom stereocenters. The first-order valence-corrected chi connectivity index (χ1v) is 7.60. The molecule has 0 saturated carbocycles. The fourth-order valence-corrected chi connectivity index (χ4v) is 2.49. The third-order valence-corrected chi connectivity index (χ3v) is 3.76. The number of aromatic nitrogens is 2. The Morgan fingerprint density at radius 1 is 1.05 bits per heavy atom. The number of fused-ring (bicyclic) bond motifs is 1. The lowest BCUT2D eigenvalue weighted by molar-refractivity contribution is -0.697. The highest BCUT2D eigenvalue weighted by Crippen LogP contribution is 2.19. The molecule has 2 heteroatoms. The molecule has 0 spiro atoms. The Kier molecular flexibility index (Phi) is 4.15. The lowest BCUT2D eigenvalue weighted by atomic mass is 10.1. The van der Waals surface area contributed by atoms with Gasteiger partial charge in [0, 0.05) is 35.7 Å². The molecule has 0 aliphatic carbocycles. The van der Waals surface area contributed by atoms with E-state index in [1.54, 1.807) is 0 Å². The Hall–Kier alpha value is -2.35. The summed E-state index contributed by atoms with van der Waals surface area (Å²) < 4.78 is 2.24. The molecule has 21 heavy (non-hydrogen) atoms. The van der Waals surface area contributed by atoms with Crippen molar-refractivity contribution < 1.29 is 4.57 Å². The van der Waals surface area contributed by atoms with Crippen LogP contribution < -0.4 is 4.57 Å². The van der Waals surface area contributed by atoms with Gasteiger partial charge in [-0.05, 0) is 17.2 Å². The molecule has 3 rings (SSSR count). The number of para-hydroxylation sites is 1. The van der Waals surface area contributed by atoms with Crippen LogP contribution in [0.5, 0.6) is 0 Å². The largest absolute Gasteiger partial charge is 0.361 e. The summed E-state index contributed by atoms with van der Waals surface area (Å²) in [6, 6.07) is 12.7. The van der Waals surface area contributed by atoms with Crippen LogP contribution in [0, 0.1) is 0 Å². The number of pyridine rings is 1. The number of rotatable bonds is 5. The van der Waals surface area contributed by atoms with Crippen LogP contribution in [0.1, 0.15) is 30.9 Å². The SMILES string of the molecule is CCCC[n+]1ccc(/C=C/c2c[nH]c3ccccc23)cc1. The van der Waals surface area contributed by atoms with Gasteiger partial charge in [0.15, 0.2) is 12.4 Å². The number of aryl methyl sites for hydroxylation is 1. The van der Waals surface area contributed by atoms with Crippen LogP contribution >= 0.6 is 0 Å². The summed E-state index contributed by atoms with van der Waals surface area (Å²) in [5, 5.41) is 1.27. The molecule has 1 aromatic carbocycles. The number of nitrogens with one attached hydrogen (secondary N) is 1. The van der Waals surface area contributed by atoms with Gasteiger partial charge in [-0.15, -0.1) is 0 Å². The summed E-state index contributed by atoms with van der Waals surface area (Å²) in [6.45, 7) is 3.32. The summed E-state index contributed by atoms with van der Waals surface area (Å²) in [5.41, 5.74) is 3.64. The lowest BCUT2D eigenvalue weighted by Gasteiger charge is -1.96. The molecule has 0 aliphatic heterocycles. The summed E-state index contributed by atoms with van der Waals surface area (Å²) in [4.78, 5) is 3.30. The molecule has 106 valence electrons. The predicted octanol–water partition coefficient (Wildman–Crippen LogP) is 4.43. The molecule has 2 aromatic heterocycles. The normalized spacial score (nSPS) is 11.5. The van der Waals surface area contributed by atoms with Crippen molar-refractivity contribution in [2.75, 3.05) is 0 Å². The smallest absolute Gasteiger partial charge is 0.169 e. The topological polar surface area (TPSA) is 19.7 Å². The molecule has 2 nitrogen and oxygen atoms in total. The average Bonchev–Trinajstić information content (AvgIpc) is 2.95. The monoisotopic (exact) mass is 277 g/mol. The third-order valence-electron chi connectivity index (χ3n) is 3.76. The minimum atomic E-state index is 1.10. The van der Waals surface area contributed by atoms with Gasteiger partial charge in [0.1, 0.15) is 6.54 Å². The van der Waals surface area contributed by atoms with Crippen molar-refractivity contribution in [1.82, 2.24) is 4.98 Å². The highest BCUT2D eigenvalue weighted by Gasteiger charge is 2.00. The second kappa shape index (κ2) is 6.40. The van der Waals surface area contributed by atoms with E-state index < -0.39 is 0 Å². The Labute approximate surface area is 125 Å². The van der Waals surface area contributed by atoms with Crippen molar-refractivity contribution in [1.29, 1.82) is 0 Å². The number of aromatic amines is 1. The zero-order valence-electron chi connectivity index (χ0n) is 12.4. The fourth-order valence-electron chi connectivity index (χ4n) is 2.49. The van der Waals surface area contributed by atoms with Crippen LogP contribution in [-0.2, 0) is 6.54 Å². The first kappa shape index (κ1) is 13.6. The number of unbranched alkanes of at least 4 members (excludes halogenated alkanes) is 1. The number of hydrogen-bond acceptors (Lipinski definition) is 0. The molecule has 0 unspecified atom stereocenters. The van der Waals surface area contributed by atoms with Gasteiger partial charge in [0.25, 0.3) is 0 Å². The second-order valence-corrected chi connectivity index (χ2v) is 5.35. The molecular weight excluding hydrogens is 256 g/mol. The van der Waals surface area contributed by atoms with Crippen LogP contribution in [0.15, 0.2) is 55.0 Å². The Balaban J connectivity index is 1.76. The molecule has 0 bridgehead atoms. The van der Waals surface area contributed by atoms with Crippen LogP contribution in [-0.4, -0.2) is 4.98 Å². The Bertz CT molecular complexity index is 736. The lowest BCUT2D eigenvalue weighted by Crippen LogP contribution is -2.32. The predicted molar refractivity (Wildman–Crippen MR) is 88.8 cm³/mol. The molecular formula is C19H21N2+. The van der Waals surface area contributed by atoms with Crippen molar-refractivity contribution in [3.8, 4) is 0 Å². The van der Waals surface area contributed by atoms with Gasteiger partial charge < -0.3 is 4.98 Å². The number of H-pyrrole nitrogens is 1. The van der Waals surface area contributed by atoms with Crippen molar-refractivity contribution in [3.63, 3.8) is 0 Å². The summed E-state index contributed by atoms with van der Waals surface area (Å²) in [5.74, 6) is 0. The van der Waals surface area contributed by atoms with Crippen molar-refractivity contribution in [3.05, 3.63) is 66.1 Å². The quantitative estimate of drug-likeness (QED) is 0.666. The zero-order valence-corrected chi connectivity index (χ0v) is 12.4. The molecule has 0 amide bonds.